The third-order valence-corrected chi connectivity index (χ3v) is 7.41. The molecule has 0 atom stereocenters. The van der Waals surface area contributed by atoms with E-state index >= 15 is 0 Å². The molecular formula is C31H35N6O10P. The van der Waals surface area contributed by atoms with Gasteiger partial charge in [-0.3, -0.25) is 24.2 Å². The number of carbonyl (C=O) groups is 4. The lowest BCUT2D eigenvalue weighted by atomic mass is 10.1. The van der Waals surface area contributed by atoms with Crippen LogP contribution in [0.5, 0.6) is 5.75 Å². The van der Waals surface area contributed by atoms with Gasteiger partial charge in [0.15, 0.2) is 5.82 Å². The maximum atomic E-state index is 13.7. The number of anilines is 2. The smallest absolute Gasteiger partial charge is 0.428 e. The highest BCUT2D eigenvalue weighted by molar-refractivity contribution is 7.46. The highest BCUT2D eigenvalue weighted by Gasteiger charge is 2.28. The summed E-state index contributed by atoms with van der Waals surface area (Å²) >= 11 is 0. The van der Waals surface area contributed by atoms with Crippen molar-refractivity contribution >= 4 is 48.7 Å². The summed E-state index contributed by atoms with van der Waals surface area (Å²) < 4.78 is 27.0. The Morgan fingerprint density at radius 1 is 1.02 bits per heavy atom. The lowest BCUT2D eigenvalue weighted by Gasteiger charge is -2.19. The highest BCUT2D eigenvalue weighted by atomic mass is 31.2. The van der Waals surface area contributed by atoms with Gasteiger partial charge < -0.3 is 24.6 Å². The molecule has 2 heterocycles. The van der Waals surface area contributed by atoms with Crippen LogP contribution in [0.4, 0.5) is 16.3 Å². The van der Waals surface area contributed by atoms with E-state index in [0.29, 0.717) is 46.7 Å². The number of aryl methyl sites for hydroxylation is 2. The molecule has 16 nitrogen and oxygen atoms in total. The van der Waals surface area contributed by atoms with Gasteiger partial charge in [-0.25, -0.2) is 23.8 Å². The monoisotopic (exact) mass is 682 g/mol. The first-order valence-electron chi connectivity index (χ1n) is 14.8. The fourth-order valence-electron chi connectivity index (χ4n) is 4.65. The van der Waals surface area contributed by atoms with Gasteiger partial charge in [0.05, 0.1) is 12.0 Å². The third-order valence-electron chi connectivity index (χ3n) is 6.96. The van der Waals surface area contributed by atoms with E-state index in [1.54, 1.807) is 26.0 Å². The number of carbonyl (C=O) groups excluding carboxylic acids is 4. The number of rotatable bonds is 13. The number of fused-ring (bicyclic) bond motifs is 1. The number of hydrogen-bond acceptors (Lipinski definition) is 11. The molecule has 0 unspecified atom stereocenters. The summed E-state index contributed by atoms with van der Waals surface area (Å²) in [4.78, 5) is 74.3. The van der Waals surface area contributed by atoms with Crippen molar-refractivity contribution in [3.8, 4) is 5.75 Å². The number of phosphoric acid groups is 1. The molecule has 0 bridgehead atoms. The fraction of sp³-hybridized carbons (Fsp3) is 0.290. The van der Waals surface area contributed by atoms with Crippen molar-refractivity contribution in [2.75, 3.05) is 25.2 Å². The molecule has 0 aliphatic heterocycles. The second-order valence-corrected chi connectivity index (χ2v) is 11.7. The predicted molar refractivity (Wildman–Crippen MR) is 172 cm³/mol. The molecular weight excluding hydrogens is 647 g/mol. The summed E-state index contributed by atoms with van der Waals surface area (Å²) in [5.41, 5.74) is 3.52. The number of hydrogen-bond donors (Lipinski definition) is 4. The van der Waals surface area contributed by atoms with Gasteiger partial charge in [-0.2, -0.15) is 5.10 Å². The van der Waals surface area contributed by atoms with Gasteiger partial charge in [-0.15, -0.1) is 0 Å². The summed E-state index contributed by atoms with van der Waals surface area (Å²) in [5, 5.41) is 10.2. The van der Waals surface area contributed by atoms with E-state index in [1.165, 1.54) is 41.3 Å². The van der Waals surface area contributed by atoms with E-state index in [4.69, 9.17) is 19.3 Å². The second-order valence-electron chi connectivity index (χ2n) is 10.5. The number of ether oxygens (including phenoxy) is 2. The second kappa shape index (κ2) is 15.5. The Kier molecular flexibility index (Phi) is 11.5. The quantitative estimate of drug-likeness (QED) is 0.0892. The van der Waals surface area contributed by atoms with Gasteiger partial charge in [0.1, 0.15) is 17.6 Å². The molecule has 48 heavy (non-hydrogen) atoms. The highest BCUT2D eigenvalue weighted by Crippen LogP contribution is 2.37. The predicted octanol–water partition coefficient (Wildman–Crippen LogP) is 4.04. The third kappa shape index (κ3) is 8.94. The van der Waals surface area contributed by atoms with E-state index in [2.05, 4.69) is 25.2 Å². The zero-order chi connectivity index (χ0) is 35.0. The summed E-state index contributed by atoms with van der Waals surface area (Å²) in [6, 6.07) is 10.6. The lowest BCUT2D eigenvalue weighted by Crippen LogP contribution is -2.38. The molecule has 0 saturated heterocycles. The summed E-state index contributed by atoms with van der Waals surface area (Å²) in [6.45, 7) is 6.91. The van der Waals surface area contributed by atoms with Gasteiger partial charge in [-0.1, -0.05) is 25.1 Å². The fourth-order valence-corrected chi connectivity index (χ4v) is 5.04. The Hall–Kier alpha value is -5.31. The molecule has 17 heteroatoms. The van der Waals surface area contributed by atoms with Crippen LogP contribution in [0, 0.1) is 13.8 Å². The minimum Gasteiger partial charge on any atom is -0.428 e. The normalized spacial score (nSPS) is 11.1. The van der Waals surface area contributed by atoms with Crippen molar-refractivity contribution in [1.29, 1.82) is 0 Å². The van der Waals surface area contributed by atoms with Crippen molar-refractivity contribution in [1.82, 2.24) is 24.8 Å². The first-order valence-corrected chi connectivity index (χ1v) is 16.3. The molecule has 4 aromatic rings. The van der Waals surface area contributed by atoms with E-state index < -0.39 is 32.6 Å². The van der Waals surface area contributed by atoms with Gasteiger partial charge in [0.2, 0.25) is 6.79 Å². The van der Waals surface area contributed by atoms with Gasteiger partial charge in [0, 0.05) is 30.5 Å². The molecule has 0 aliphatic rings. The largest absolute Gasteiger partial charge is 0.524 e. The molecule has 3 amide bonds. The molecule has 2 aromatic heterocycles. The van der Waals surface area contributed by atoms with Crippen molar-refractivity contribution in [2.24, 2.45) is 0 Å². The maximum Gasteiger partial charge on any atom is 0.524 e. The molecule has 4 N–H and O–H groups in total. The first-order chi connectivity index (χ1) is 22.8. The zero-order valence-electron chi connectivity index (χ0n) is 26.6. The van der Waals surface area contributed by atoms with E-state index in [9.17, 15) is 23.7 Å². The molecule has 0 aliphatic carbocycles. The van der Waals surface area contributed by atoms with Gasteiger partial charge in [-0.05, 0) is 68.1 Å². The molecule has 0 fully saturated rings. The molecule has 254 valence electrons. The van der Waals surface area contributed by atoms with Gasteiger partial charge in [0.25, 0.3) is 11.8 Å². The van der Waals surface area contributed by atoms with Crippen LogP contribution in [0.3, 0.4) is 0 Å². The number of amides is 3. The number of phosphoric ester groups is 1. The van der Waals surface area contributed by atoms with Crippen LogP contribution in [0.2, 0.25) is 0 Å². The van der Waals surface area contributed by atoms with E-state index in [0.717, 1.165) is 10.5 Å². The number of nitrogens with one attached hydrogen (secondary N) is 2. The standard InChI is InChI=1S/C31H35N6O10P/c1-5-13-36(31(41)46-18-45-26(38)14-21-8-11-23(12-9-21)47-48(42,43)44)30(40)24-16-37-27(20(24)4)28(33-17-34-37)35-25-15-22(10-7-19(25)3)29(39)32-6-2/h7-12,15-17H,5-6,13-14,18H2,1-4H3,(H,32,39)(H,33,34,35)(H2,42,43,44). The first kappa shape index (κ1) is 35.5. The Bertz CT molecular complexity index is 1870. The molecule has 0 radical (unpaired) electrons. The van der Waals surface area contributed by atoms with Crippen LogP contribution in [0.1, 0.15) is 57.7 Å². The lowest BCUT2D eigenvalue weighted by molar-refractivity contribution is -0.151. The topological polar surface area (TPSA) is 211 Å². The number of benzene rings is 2. The number of nitrogens with zero attached hydrogens (tertiary/aromatic N) is 4. The molecule has 4 rings (SSSR count). The number of aromatic nitrogens is 3. The van der Waals surface area contributed by atoms with Crippen molar-refractivity contribution < 1.29 is 47.5 Å². The SMILES string of the molecule is CCCN(C(=O)OCOC(=O)Cc1ccc(OP(=O)(O)O)cc1)C(=O)c1cn2ncnc(Nc3cc(C(=O)NCC)ccc3C)c2c1C. The summed E-state index contributed by atoms with van der Waals surface area (Å²) in [6.07, 6.45) is 1.95. The van der Waals surface area contributed by atoms with Crippen molar-refractivity contribution in [3.05, 3.63) is 82.8 Å². The van der Waals surface area contributed by atoms with E-state index in [1.807, 2.05) is 19.9 Å². The number of imide groups is 1. The van der Waals surface area contributed by atoms with Crippen LogP contribution < -0.4 is 15.2 Å². The summed E-state index contributed by atoms with van der Waals surface area (Å²) in [5.74, 6) is -1.34. The van der Waals surface area contributed by atoms with Crippen LogP contribution in [-0.2, 0) is 25.3 Å². The Morgan fingerprint density at radius 2 is 1.75 bits per heavy atom. The van der Waals surface area contributed by atoms with Crippen LogP contribution >= 0.6 is 7.82 Å². The Labute approximate surface area is 275 Å². The molecule has 2 aromatic carbocycles. The molecule has 0 saturated carbocycles. The van der Waals surface area contributed by atoms with E-state index in [-0.39, 0.29) is 30.2 Å². The average molecular weight is 683 g/mol. The van der Waals surface area contributed by atoms with Crippen molar-refractivity contribution in [3.63, 3.8) is 0 Å². The minimum atomic E-state index is -4.72. The van der Waals surface area contributed by atoms with Gasteiger partial charge >= 0.3 is 19.9 Å². The molecule has 0 spiro atoms. The Balaban J connectivity index is 1.44. The average Bonchev–Trinajstić information content (AvgIpc) is 3.37. The van der Waals surface area contributed by atoms with Crippen LogP contribution in [-0.4, -0.2) is 73.0 Å². The Morgan fingerprint density at radius 3 is 2.42 bits per heavy atom. The van der Waals surface area contributed by atoms with Crippen molar-refractivity contribution in [2.45, 2.75) is 40.5 Å². The summed E-state index contributed by atoms with van der Waals surface area (Å²) in [7, 11) is -4.72. The zero-order valence-corrected chi connectivity index (χ0v) is 27.5. The van der Waals surface area contributed by atoms with Crippen LogP contribution in [0.15, 0.2) is 55.0 Å². The van der Waals surface area contributed by atoms with Crippen LogP contribution in [0.25, 0.3) is 5.52 Å². The number of esters is 1. The minimum absolute atomic E-state index is 0.0167. The maximum absolute atomic E-state index is 13.7.